The summed E-state index contributed by atoms with van der Waals surface area (Å²) in [5.74, 6) is 0.868. The summed E-state index contributed by atoms with van der Waals surface area (Å²) in [6, 6.07) is 5.45. The zero-order chi connectivity index (χ0) is 9.68. The van der Waals surface area contributed by atoms with E-state index in [0.29, 0.717) is 24.0 Å². The lowest BCUT2D eigenvalue weighted by Crippen LogP contribution is -2.06. The molecule has 1 aromatic heterocycles. The van der Waals surface area contributed by atoms with Crippen molar-refractivity contribution in [2.24, 2.45) is 5.92 Å². The van der Waals surface area contributed by atoms with Crippen LogP contribution in [0, 0.1) is 17.2 Å². The van der Waals surface area contributed by atoms with Gasteiger partial charge in [0.25, 0.3) is 0 Å². The van der Waals surface area contributed by atoms with Crippen LogP contribution in [0.25, 0.3) is 0 Å². The Bertz CT molecular complexity index is 315. The summed E-state index contributed by atoms with van der Waals surface area (Å²) in [5.41, 5.74) is 0.489. The molecule has 0 bridgehead atoms. The second kappa shape index (κ2) is 4.46. The normalized spacial score (nSPS) is 9.69. The molecule has 0 atom stereocenters. The van der Waals surface area contributed by atoms with Crippen LogP contribution in [-0.4, -0.2) is 11.6 Å². The molecule has 0 fully saturated rings. The second-order valence-corrected chi connectivity index (χ2v) is 3.17. The molecule has 0 aliphatic heterocycles. The van der Waals surface area contributed by atoms with Gasteiger partial charge in [-0.15, -0.1) is 0 Å². The molecule has 1 heterocycles. The van der Waals surface area contributed by atoms with Crippen LogP contribution in [0.3, 0.4) is 0 Å². The minimum atomic E-state index is 0.429. The van der Waals surface area contributed by atoms with Crippen molar-refractivity contribution < 1.29 is 4.74 Å². The molecule has 1 rings (SSSR count). The van der Waals surface area contributed by atoms with Crippen LogP contribution in [0.15, 0.2) is 18.3 Å². The first-order valence-electron chi connectivity index (χ1n) is 4.22. The molecule has 0 aromatic carbocycles. The SMILES string of the molecule is CC(C)COc1ncccc1C#N. The lowest BCUT2D eigenvalue weighted by molar-refractivity contribution is 0.260. The Hall–Kier alpha value is -1.56. The van der Waals surface area contributed by atoms with E-state index in [1.165, 1.54) is 0 Å². The highest BCUT2D eigenvalue weighted by molar-refractivity contribution is 5.36. The van der Waals surface area contributed by atoms with Gasteiger partial charge in [-0.3, -0.25) is 0 Å². The van der Waals surface area contributed by atoms with E-state index in [4.69, 9.17) is 10.00 Å². The Labute approximate surface area is 78.0 Å². The molecule has 3 nitrogen and oxygen atoms in total. The summed E-state index contributed by atoms with van der Waals surface area (Å²) in [5, 5.41) is 8.71. The molecule has 0 N–H and O–H groups in total. The molecule has 1 aromatic rings. The van der Waals surface area contributed by atoms with Gasteiger partial charge in [0, 0.05) is 6.20 Å². The van der Waals surface area contributed by atoms with Gasteiger partial charge in [-0.25, -0.2) is 4.98 Å². The van der Waals surface area contributed by atoms with Gasteiger partial charge in [-0.05, 0) is 18.1 Å². The molecule has 0 saturated heterocycles. The number of rotatable bonds is 3. The number of hydrogen-bond acceptors (Lipinski definition) is 3. The van der Waals surface area contributed by atoms with Crippen molar-refractivity contribution >= 4 is 0 Å². The summed E-state index contributed by atoms with van der Waals surface area (Å²) in [6.07, 6.45) is 1.62. The van der Waals surface area contributed by atoms with Crippen molar-refractivity contribution in [3.63, 3.8) is 0 Å². The van der Waals surface area contributed by atoms with Crippen molar-refractivity contribution in [3.8, 4) is 11.9 Å². The van der Waals surface area contributed by atoms with Gasteiger partial charge in [-0.1, -0.05) is 13.8 Å². The Kier molecular flexibility index (Phi) is 3.27. The van der Waals surface area contributed by atoms with E-state index in [-0.39, 0.29) is 0 Å². The third-order valence-corrected chi connectivity index (χ3v) is 1.44. The minimum absolute atomic E-state index is 0.429. The van der Waals surface area contributed by atoms with Crippen molar-refractivity contribution in [2.75, 3.05) is 6.61 Å². The van der Waals surface area contributed by atoms with Crippen LogP contribution >= 0.6 is 0 Å². The van der Waals surface area contributed by atoms with E-state index in [2.05, 4.69) is 18.8 Å². The van der Waals surface area contributed by atoms with Gasteiger partial charge < -0.3 is 4.74 Å². The fourth-order valence-electron chi connectivity index (χ4n) is 0.837. The number of nitrogens with zero attached hydrogens (tertiary/aromatic N) is 2. The Morgan fingerprint density at radius 3 is 3.00 bits per heavy atom. The third kappa shape index (κ3) is 2.75. The van der Waals surface area contributed by atoms with Crippen LogP contribution in [0.1, 0.15) is 19.4 Å². The van der Waals surface area contributed by atoms with Crippen LogP contribution in [-0.2, 0) is 0 Å². The van der Waals surface area contributed by atoms with E-state index in [9.17, 15) is 0 Å². The molecule has 3 heteroatoms. The second-order valence-electron chi connectivity index (χ2n) is 3.17. The summed E-state index contributed by atoms with van der Waals surface area (Å²) in [4.78, 5) is 3.98. The standard InChI is InChI=1S/C10H12N2O/c1-8(2)7-13-10-9(6-11)4-3-5-12-10/h3-5,8H,7H2,1-2H3. The van der Waals surface area contributed by atoms with Gasteiger partial charge in [0.05, 0.1) is 6.61 Å². The number of pyridine rings is 1. The quantitative estimate of drug-likeness (QED) is 0.707. The highest BCUT2D eigenvalue weighted by Gasteiger charge is 2.03. The number of aromatic nitrogens is 1. The molecule has 0 aliphatic carbocycles. The van der Waals surface area contributed by atoms with Gasteiger partial charge in [0.1, 0.15) is 11.6 Å². The lowest BCUT2D eigenvalue weighted by Gasteiger charge is -2.07. The summed E-state index contributed by atoms with van der Waals surface area (Å²) in [6.45, 7) is 4.69. The monoisotopic (exact) mass is 176 g/mol. The molecule has 0 spiro atoms. The lowest BCUT2D eigenvalue weighted by atomic mass is 10.2. The topological polar surface area (TPSA) is 45.9 Å². The first-order chi connectivity index (χ1) is 6.24. The summed E-state index contributed by atoms with van der Waals surface area (Å²) < 4.78 is 5.36. The fourth-order valence-corrected chi connectivity index (χ4v) is 0.837. The maximum atomic E-state index is 8.71. The largest absolute Gasteiger partial charge is 0.476 e. The molecule has 13 heavy (non-hydrogen) atoms. The number of hydrogen-bond donors (Lipinski definition) is 0. The average molecular weight is 176 g/mol. The summed E-state index contributed by atoms with van der Waals surface area (Å²) >= 11 is 0. The molecule has 0 radical (unpaired) electrons. The van der Waals surface area contributed by atoms with Gasteiger partial charge >= 0.3 is 0 Å². The predicted molar refractivity (Wildman–Crippen MR) is 49.3 cm³/mol. The van der Waals surface area contributed by atoms with Crippen molar-refractivity contribution in [3.05, 3.63) is 23.9 Å². The van der Waals surface area contributed by atoms with Crippen molar-refractivity contribution in [1.82, 2.24) is 4.98 Å². The van der Waals surface area contributed by atoms with Crippen LogP contribution in [0.2, 0.25) is 0 Å². The molecule has 0 saturated carbocycles. The highest BCUT2D eigenvalue weighted by atomic mass is 16.5. The number of nitriles is 1. The van der Waals surface area contributed by atoms with Crippen molar-refractivity contribution in [1.29, 1.82) is 5.26 Å². The zero-order valence-corrected chi connectivity index (χ0v) is 7.82. The van der Waals surface area contributed by atoms with E-state index >= 15 is 0 Å². The van der Waals surface area contributed by atoms with E-state index in [0.717, 1.165) is 0 Å². The maximum Gasteiger partial charge on any atom is 0.231 e. The van der Waals surface area contributed by atoms with Crippen LogP contribution < -0.4 is 4.74 Å². The smallest absolute Gasteiger partial charge is 0.231 e. The van der Waals surface area contributed by atoms with E-state index in [1.807, 2.05) is 6.07 Å². The highest BCUT2D eigenvalue weighted by Crippen LogP contribution is 2.13. The third-order valence-electron chi connectivity index (χ3n) is 1.44. The predicted octanol–water partition coefficient (Wildman–Crippen LogP) is 1.99. The summed E-state index contributed by atoms with van der Waals surface area (Å²) in [7, 11) is 0. The van der Waals surface area contributed by atoms with Crippen LogP contribution in [0.4, 0.5) is 0 Å². The molecule has 0 unspecified atom stereocenters. The van der Waals surface area contributed by atoms with Gasteiger partial charge in [0.2, 0.25) is 5.88 Å². The fraction of sp³-hybridized carbons (Fsp3) is 0.400. The molecular formula is C10H12N2O. The Morgan fingerprint density at radius 2 is 2.38 bits per heavy atom. The molecule has 0 aliphatic rings. The Morgan fingerprint density at radius 1 is 1.62 bits per heavy atom. The maximum absolute atomic E-state index is 8.71. The molecule has 68 valence electrons. The van der Waals surface area contributed by atoms with Crippen LogP contribution in [0.5, 0.6) is 5.88 Å². The van der Waals surface area contributed by atoms with E-state index in [1.54, 1.807) is 18.3 Å². The van der Waals surface area contributed by atoms with Crippen molar-refractivity contribution in [2.45, 2.75) is 13.8 Å². The first-order valence-corrected chi connectivity index (χ1v) is 4.22. The number of ether oxygens (including phenoxy) is 1. The van der Waals surface area contributed by atoms with Gasteiger partial charge in [0.15, 0.2) is 0 Å². The Balaban J connectivity index is 2.71. The first kappa shape index (κ1) is 9.53. The molecular weight excluding hydrogens is 164 g/mol. The molecule has 0 amide bonds. The minimum Gasteiger partial charge on any atom is -0.476 e. The van der Waals surface area contributed by atoms with E-state index < -0.39 is 0 Å². The zero-order valence-electron chi connectivity index (χ0n) is 7.82. The average Bonchev–Trinajstić information content (AvgIpc) is 2.15. The van der Waals surface area contributed by atoms with Gasteiger partial charge in [-0.2, -0.15) is 5.26 Å².